The van der Waals surface area contributed by atoms with Crippen LogP contribution in [0.4, 0.5) is 10.1 Å². The maximum Gasteiger partial charge on any atom is 0.250 e. The standard InChI is InChI=1S/C23H22FNO4/c24-16-6-8-17(9-7-16)25-22(26)14-28-18-10-11-19-21(12-18)29-13-20(23(19)27)15-4-2-1-3-5-15/h1-9,13,18-19,21H,10-12,14H2,(H,25,26). The van der Waals surface area contributed by atoms with Crippen LogP contribution in [0.25, 0.3) is 5.57 Å². The molecular formula is C23H22FNO4. The highest BCUT2D eigenvalue weighted by Crippen LogP contribution is 2.37. The monoisotopic (exact) mass is 395 g/mol. The summed E-state index contributed by atoms with van der Waals surface area (Å²) in [6, 6.07) is 15.1. The summed E-state index contributed by atoms with van der Waals surface area (Å²) < 4.78 is 24.5. The van der Waals surface area contributed by atoms with Gasteiger partial charge in [0, 0.05) is 12.1 Å². The zero-order valence-corrected chi connectivity index (χ0v) is 15.8. The third-order valence-electron chi connectivity index (χ3n) is 5.37. The van der Waals surface area contributed by atoms with Gasteiger partial charge >= 0.3 is 0 Å². The fourth-order valence-electron chi connectivity index (χ4n) is 3.86. The summed E-state index contributed by atoms with van der Waals surface area (Å²) in [5.74, 6) is -0.726. The van der Waals surface area contributed by atoms with Crippen molar-refractivity contribution in [1.82, 2.24) is 0 Å². The zero-order valence-electron chi connectivity index (χ0n) is 15.8. The largest absolute Gasteiger partial charge is 0.496 e. The number of carbonyl (C=O) groups excluding carboxylic acids is 2. The number of fused-ring (bicyclic) bond motifs is 1. The van der Waals surface area contributed by atoms with Gasteiger partial charge in [-0.25, -0.2) is 4.39 Å². The van der Waals surface area contributed by atoms with Gasteiger partial charge in [0.15, 0.2) is 5.78 Å². The molecular weight excluding hydrogens is 373 g/mol. The normalized spacial score (nSPS) is 23.6. The third kappa shape index (κ3) is 4.54. The minimum absolute atomic E-state index is 0.0987. The summed E-state index contributed by atoms with van der Waals surface area (Å²) >= 11 is 0. The van der Waals surface area contributed by atoms with Gasteiger partial charge in [0.25, 0.3) is 0 Å². The van der Waals surface area contributed by atoms with E-state index in [0.29, 0.717) is 30.5 Å². The summed E-state index contributed by atoms with van der Waals surface area (Å²) in [7, 11) is 0. The molecule has 29 heavy (non-hydrogen) atoms. The molecule has 1 saturated carbocycles. The van der Waals surface area contributed by atoms with Crippen LogP contribution in [0.2, 0.25) is 0 Å². The zero-order chi connectivity index (χ0) is 20.2. The van der Waals surface area contributed by atoms with Crippen LogP contribution in [0, 0.1) is 11.7 Å². The highest BCUT2D eigenvalue weighted by atomic mass is 19.1. The first-order chi connectivity index (χ1) is 14.1. The molecule has 0 bridgehead atoms. The molecule has 0 radical (unpaired) electrons. The first kappa shape index (κ1) is 19.3. The SMILES string of the molecule is O=C(COC1CCC2C(=O)C(c3ccccc3)=COC2C1)Nc1ccc(F)cc1. The Kier molecular flexibility index (Phi) is 5.71. The second kappa shape index (κ2) is 8.57. The lowest BCUT2D eigenvalue weighted by Gasteiger charge is -2.37. The molecule has 1 N–H and O–H groups in total. The van der Waals surface area contributed by atoms with E-state index >= 15 is 0 Å². The van der Waals surface area contributed by atoms with E-state index in [0.717, 1.165) is 5.56 Å². The average Bonchev–Trinajstić information content (AvgIpc) is 2.75. The molecule has 6 heteroatoms. The predicted molar refractivity (Wildman–Crippen MR) is 106 cm³/mol. The number of hydrogen-bond donors (Lipinski definition) is 1. The van der Waals surface area contributed by atoms with Crippen LogP contribution >= 0.6 is 0 Å². The Morgan fingerprint density at radius 2 is 1.86 bits per heavy atom. The van der Waals surface area contributed by atoms with Crippen molar-refractivity contribution in [3.63, 3.8) is 0 Å². The maximum absolute atomic E-state index is 12.9. The molecule has 2 aliphatic rings. The van der Waals surface area contributed by atoms with Crippen molar-refractivity contribution in [2.75, 3.05) is 11.9 Å². The first-order valence-electron chi connectivity index (χ1n) is 9.72. The molecule has 0 spiro atoms. The van der Waals surface area contributed by atoms with Crippen LogP contribution in [-0.4, -0.2) is 30.5 Å². The molecule has 3 unspecified atom stereocenters. The van der Waals surface area contributed by atoms with Crippen molar-refractivity contribution in [2.24, 2.45) is 5.92 Å². The van der Waals surface area contributed by atoms with Gasteiger partial charge in [-0.3, -0.25) is 9.59 Å². The Hall–Kier alpha value is -2.99. The van der Waals surface area contributed by atoms with E-state index in [9.17, 15) is 14.0 Å². The molecule has 0 aromatic heterocycles. The predicted octanol–water partition coefficient (Wildman–Crippen LogP) is 3.96. The van der Waals surface area contributed by atoms with E-state index in [1.54, 1.807) is 6.26 Å². The van der Waals surface area contributed by atoms with E-state index in [-0.39, 0.29) is 42.2 Å². The number of halogens is 1. The number of anilines is 1. The molecule has 2 aromatic carbocycles. The highest BCUT2D eigenvalue weighted by molar-refractivity contribution is 6.22. The molecule has 4 rings (SSSR count). The fourth-order valence-corrected chi connectivity index (χ4v) is 3.86. The van der Waals surface area contributed by atoms with Crippen molar-refractivity contribution >= 4 is 23.0 Å². The van der Waals surface area contributed by atoms with Crippen molar-refractivity contribution in [2.45, 2.75) is 31.5 Å². The molecule has 2 aromatic rings. The topological polar surface area (TPSA) is 64.6 Å². The second-order valence-electron chi connectivity index (χ2n) is 7.34. The van der Waals surface area contributed by atoms with E-state index in [4.69, 9.17) is 9.47 Å². The minimum Gasteiger partial charge on any atom is -0.496 e. The Balaban J connectivity index is 1.30. The maximum atomic E-state index is 12.9. The number of Topliss-reactive ketones (excluding diaryl/α,β-unsaturated/α-hetero) is 1. The van der Waals surface area contributed by atoms with Crippen LogP contribution in [0.5, 0.6) is 0 Å². The number of carbonyl (C=O) groups is 2. The molecule has 1 fully saturated rings. The van der Waals surface area contributed by atoms with Crippen molar-refractivity contribution in [1.29, 1.82) is 0 Å². The minimum atomic E-state index is -0.359. The Morgan fingerprint density at radius 1 is 1.10 bits per heavy atom. The second-order valence-corrected chi connectivity index (χ2v) is 7.34. The van der Waals surface area contributed by atoms with Crippen LogP contribution in [0.1, 0.15) is 24.8 Å². The Bertz CT molecular complexity index is 910. The number of ether oxygens (including phenoxy) is 2. The quantitative estimate of drug-likeness (QED) is 0.832. The highest BCUT2D eigenvalue weighted by Gasteiger charge is 2.40. The summed E-state index contributed by atoms with van der Waals surface area (Å²) in [4.78, 5) is 24.9. The smallest absolute Gasteiger partial charge is 0.250 e. The molecule has 1 amide bonds. The van der Waals surface area contributed by atoms with Crippen LogP contribution in [0.3, 0.4) is 0 Å². The number of rotatable bonds is 5. The number of allylic oxidation sites excluding steroid dienone is 1. The van der Waals surface area contributed by atoms with Gasteiger partial charge in [-0.2, -0.15) is 0 Å². The van der Waals surface area contributed by atoms with Gasteiger partial charge in [0.2, 0.25) is 5.91 Å². The Labute approximate surface area is 168 Å². The number of hydrogen-bond acceptors (Lipinski definition) is 4. The molecule has 0 saturated heterocycles. The lowest BCUT2D eigenvalue weighted by Crippen LogP contribution is -2.42. The summed E-state index contributed by atoms with van der Waals surface area (Å²) in [6.45, 7) is -0.0987. The van der Waals surface area contributed by atoms with Gasteiger partial charge in [0.05, 0.1) is 23.9 Å². The van der Waals surface area contributed by atoms with Crippen LogP contribution in [-0.2, 0) is 19.1 Å². The van der Waals surface area contributed by atoms with Crippen molar-refractivity contribution in [3.8, 4) is 0 Å². The van der Waals surface area contributed by atoms with Gasteiger partial charge in [-0.1, -0.05) is 30.3 Å². The molecule has 150 valence electrons. The van der Waals surface area contributed by atoms with E-state index in [1.807, 2.05) is 30.3 Å². The number of ketones is 1. The molecule has 3 atom stereocenters. The van der Waals surface area contributed by atoms with E-state index in [1.165, 1.54) is 24.3 Å². The fraction of sp³-hybridized carbons (Fsp3) is 0.304. The lowest BCUT2D eigenvalue weighted by molar-refractivity contribution is -0.132. The summed E-state index contributed by atoms with van der Waals surface area (Å²) in [5, 5.41) is 2.67. The van der Waals surface area contributed by atoms with Gasteiger partial charge < -0.3 is 14.8 Å². The van der Waals surface area contributed by atoms with Gasteiger partial charge in [-0.15, -0.1) is 0 Å². The molecule has 1 heterocycles. The van der Waals surface area contributed by atoms with Crippen LogP contribution in [0.15, 0.2) is 60.9 Å². The summed E-state index contributed by atoms with van der Waals surface area (Å²) in [5.41, 5.74) is 2.00. The van der Waals surface area contributed by atoms with Crippen molar-refractivity contribution in [3.05, 3.63) is 72.2 Å². The van der Waals surface area contributed by atoms with Crippen LogP contribution < -0.4 is 5.32 Å². The molecule has 1 aliphatic heterocycles. The Morgan fingerprint density at radius 3 is 2.62 bits per heavy atom. The van der Waals surface area contributed by atoms with Crippen molar-refractivity contribution < 1.29 is 23.5 Å². The van der Waals surface area contributed by atoms with Gasteiger partial charge in [0.1, 0.15) is 18.5 Å². The third-order valence-corrected chi connectivity index (χ3v) is 5.37. The summed E-state index contributed by atoms with van der Waals surface area (Å²) in [6.07, 6.45) is 3.12. The number of nitrogens with one attached hydrogen (secondary N) is 1. The van der Waals surface area contributed by atoms with E-state index < -0.39 is 0 Å². The lowest BCUT2D eigenvalue weighted by atomic mass is 9.78. The van der Waals surface area contributed by atoms with E-state index in [2.05, 4.69) is 5.32 Å². The molecule has 5 nitrogen and oxygen atoms in total. The number of benzene rings is 2. The average molecular weight is 395 g/mol. The van der Waals surface area contributed by atoms with Gasteiger partial charge in [-0.05, 0) is 42.7 Å². The number of amides is 1. The first-order valence-corrected chi connectivity index (χ1v) is 9.72. The molecule has 1 aliphatic carbocycles.